The molecule has 2 rings (SSSR count). The molecule has 5 heteroatoms. The summed E-state index contributed by atoms with van der Waals surface area (Å²) in [6.45, 7) is 3.52. The molecule has 1 amide bonds. The molecule has 4 nitrogen and oxygen atoms in total. The lowest BCUT2D eigenvalue weighted by atomic mass is 10.1. The number of carbonyl (C=O) groups excluding carboxylic acids is 1. The number of hydrogen-bond donors (Lipinski definition) is 2. The Kier molecular flexibility index (Phi) is 3.30. The van der Waals surface area contributed by atoms with E-state index in [1.54, 1.807) is 26.0 Å². The zero-order valence-corrected chi connectivity index (χ0v) is 10.7. The summed E-state index contributed by atoms with van der Waals surface area (Å²) in [6, 6.07) is 4.95. The van der Waals surface area contributed by atoms with E-state index in [1.807, 2.05) is 0 Å². The van der Waals surface area contributed by atoms with Crippen molar-refractivity contribution in [3.05, 3.63) is 46.4 Å². The third-order valence-electron chi connectivity index (χ3n) is 2.74. The van der Waals surface area contributed by atoms with Crippen molar-refractivity contribution in [2.24, 2.45) is 0 Å². The van der Waals surface area contributed by atoms with Gasteiger partial charge in [0.25, 0.3) is 5.91 Å². The summed E-state index contributed by atoms with van der Waals surface area (Å²) in [6.07, 6.45) is 1.34. The van der Waals surface area contributed by atoms with Crippen LogP contribution in [0.5, 0.6) is 5.75 Å². The summed E-state index contributed by atoms with van der Waals surface area (Å²) < 4.78 is 4.85. The lowest BCUT2D eigenvalue weighted by molar-refractivity contribution is 0.102. The highest BCUT2D eigenvalue weighted by molar-refractivity contribution is 6.32. The van der Waals surface area contributed by atoms with Gasteiger partial charge in [0.15, 0.2) is 0 Å². The predicted molar refractivity (Wildman–Crippen MR) is 69.3 cm³/mol. The van der Waals surface area contributed by atoms with Crippen molar-refractivity contribution in [3.63, 3.8) is 0 Å². The molecule has 0 saturated carbocycles. The summed E-state index contributed by atoms with van der Waals surface area (Å²) in [5, 5.41) is 12.5. The van der Waals surface area contributed by atoms with E-state index in [0.29, 0.717) is 11.3 Å². The van der Waals surface area contributed by atoms with E-state index in [0.717, 1.165) is 5.56 Å². The number of halogens is 1. The van der Waals surface area contributed by atoms with Crippen LogP contribution in [-0.4, -0.2) is 11.0 Å². The molecule has 0 aliphatic carbocycles. The Morgan fingerprint density at radius 2 is 2.06 bits per heavy atom. The van der Waals surface area contributed by atoms with Crippen LogP contribution in [0, 0.1) is 13.8 Å². The average molecular weight is 266 g/mol. The maximum atomic E-state index is 11.9. The maximum Gasteiger partial charge on any atom is 0.260 e. The topological polar surface area (TPSA) is 62.5 Å². The number of aromatic hydroxyl groups is 1. The fourth-order valence-electron chi connectivity index (χ4n) is 1.62. The molecule has 1 heterocycles. The first-order chi connectivity index (χ1) is 8.50. The van der Waals surface area contributed by atoms with Gasteiger partial charge >= 0.3 is 0 Å². The molecule has 1 aromatic heterocycles. The van der Waals surface area contributed by atoms with Crippen molar-refractivity contribution in [3.8, 4) is 5.75 Å². The van der Waals surface area contributed by atoms with Crippen LogP contribution < -0.4 is 5.32 Å². The zero-order valence-electron chi connectivity index (χ0n) is 9.95. The number of carbonyl (C=O) groups is 1. The summed E-state index contributed by atoms with van der Waals surface area (Å²) in [7, 11) is 0. The second-order valence-corrected chi connectivity index (χ2v) is 4.31. The third-order valence-corrected chi connectivity index (χ3v) is 3.04. The van der Waals surface area contributed by atoms with Crippen molar-refractivity contribution in [2.45, 2.75) is 13.8 Å². The lowest BCUT2D eigenvalue weighted by Gasteiger charge is -2.10. The van der Waals surface area contributed by atoms with Crippen LogP contribution in [0.2, 0.25) is 5.22 Å². The number of aryl methyl sites for hydroxylation is 1. The van der Waals surface area contributed by atoms with Crippen LogP contribution in [0.15, 0.2) is 28.9 Å². The molecule has 94 valence electrons. The number of hydrogen-bond acceptors (Lipinski definition) is 3. The fourth-order valence-corrected chi connectivity index (χ4v) is 1.82. The Bertz CT molecular complexity index is 604. The fraction of sp³-hybridized carbons (Fsp3) is 0.154. The van der Waals surface area contributed by atoms with Gasteiger partial charge in [-0.3, -0.25) is 4.79 Å². The van der Waals surface area contributed by atoms with Crippen LogP contribution in [0.4, 0.5) is 5.69 Å². The first-order valence-electron chi connectivity index (χ1n) is 5.34. The van der Waals surface area contributed by atoms with Crippen LogP contribution in [-0.2, 0) is 0 Å². The molecule has 0 fully saturated rings. The van der Waals surface area contributed by atoms with Gasteiger partial charge < -0.3 is 14.8 Å². The van der Waals surface area contributed by atoms with E-state index >= 15 is 0 Å². The molecule has 0 atom stereocenters. The molecule has 0 unspecified atom stereocenters. The Labute approximate surface area is 109 Å². The second-order valence-electron chi connectivity index (χ2n) is 3.97. The van der Waals surface area contributed by atoms with E-state index in [-0.39, 0.29) is 22.4 Å². The highest BCUT2D eigenvalue weighted by atomic mass is 35.5. The van der Waals surface area contributed by atoms with E-state index in [1.165, 1.54) is 12.3 Å². The molecule has 0 aliphatic rings. The monoisotopic (exact) mass is 265 g/mol. The number of nitrogens with one attached hydrogen (secondary N) is 1. The van der Waals surface area contributed by atoms with Gasteiger partial charge in [0.2, 0.25) is 5.22 Å². The standard InChI is InChI=1S/C13H12ClNO3/c1-7-3-4-10(8(2)11(7)16)15-13(17)9-5-6-18-12(9)14/h3-6,16H,1-2H3,(H,15,17). The van der Waals surface area contributed by atoms with Crippen LogP contribution in [0.1, 0.15) is 21.5 Å². The maximum absolute atomic E-state index is 11.9. The number of anilines is 1. The number of furan rings is 1. The van der Waals surface area contributed by atoms with E-state index in [2.05, 4.69) is 5.32 Å². The molecule has 0 spiro atoms. The molecule has 0 aliphatic heterocycles. The molecule has 1 aromatic carbocycles. The second kappa shape index (κ2) is 4.74. The molecule has 2 N–H and O–H groups in total. The van der Waals surface area contributed by atoms with Crippen molar-refractivity contribution in [2.75, 3.05) is 5.32 Å². The van der Waals surface area contributed by atoms with Crippen molar-refractivity contribution < 1.29 is 14.3 Å². The Hall–Kier alpha value is -1.94. The molecular weight excluding hydrogens is 254 g/mol. The van der Waals surface area contributed by atoms with Crippen LogP contribution in [0.3, 0.4) is 0 Å². The normalized spacial score (nSPS) is 10.4. The minimum absolute atomic E-state index is 0.0430. The van der Waals surface area contributed by atoms with Gasteiger partial charge in [-0.15, -0.1) is 0 Å². The van der Waals surface area contributed by atoms with Gasteiger partial charge in [-0.25, -0.2) is 0 Å². The van der Waals surface area contributed by atoms with Crippen molar-refractivity contribution >= 4 is 23.2 Å². The number of phenolic OH excluding ortho intramolecular Hbond substituents is 1. The summed E-state index contributed by atoms with van der Waals surface area (Å²) in [4.78, 5) is 11.9. The molecule has 0 radical (unpaired) electrons. The Morgan fingerprint density at radius 1 is 1.33 bits per heavy atom. The SMILES string of the molecule is Cc1ccc(NC(=O)c2ccoc2Cl)c(C)c1O. The number of amides is 1. The van der Waals surface area contributed by atoms with Crippen molar-refractivity contribution in [1.82, 2.24) is 0 Å². The summed E-state index contributed by atoms with van der Waals surface area (Å²) in [5.74, 6) is -0.203. The van der Waals surface area contributed by atoms with Crippen LogP contribution in [0.25, 0.3) is 0 Å². The van der Waals surface area contributed by atoms with E-state index < -0.39 is 0 Å². The summed E-state index contributed by atoms with van der Waals surface area (Å²) >= 11 is 5.72. The van der Waals surface area contributed by atoms with E-state index in [4.69, 9.17) is 16.0 Å². The van der Waals surface area contributed by atoms with Crippen molar-refractivity contribution in [1.29, 1.82) is 0 Å². The highest BCUT2D eigenvalue weighted by Crippen LogP contribution is 2.28. The Balaban J connectivity index is 2.28. The van der Waals surface area contributed by atoms with Gasteiger partial charge in [0, 0.05) is 11.3 Å². The van der Waals surface area contributed by atoms with Gasteiger partial charge in [-0.05, 0) is 43.1 Å². The summed E-state index contributed by atoms with van der Waals surface area (Å²) in [5.41, 5.74) is 2.17. The number of rotatable bonds is 2. The first kappa shape index (κ1) is 12.5. The molecular formula is C13H12ClNO3. The minimum Gasteiger partial charge on any atom is -0.507 e. The zero-order chi connectivity index (χ0) is 13.3. The quantitative estimate of drug-likeness (QED) is 0.873. The first-order valence-corrected chi connectivity index (χ1v) is 5.72. The number of phenols is 1. The molecule has 0 saturated heterocycles. The lowest BCUT2D eigenvalue weighted by Crippen LogP contribution is -2.12. The molecule has 0 bridgehead atoms. The third kappa shape index (κ3) is 2.19. The van der Waals surface area contributed by atoms with Gasteiger partial charge in [-0.2, -0.15) is 0 Å². The molecule has 18 heavy (non-hydrogen) atoms. The molecule has 2 aromatic rings. The van der Waals surface area contributed by atoms with Gasteiger partial charge in [-0.1, -0.05) is 6.07 Å². The predicted octanol–water partition coefficient (Wildman–Crippen LogP) is 3.51. The minimum atomic E-state index is -0.375. The van der Waals surface area contributed by atoms with Crippen LogP contribution >= 0.6 is 11.6 Å². The smallest absolute Gasteiger partial charge is 0.260 e. The number of benzene rings is 1. The largest absolute Gasteiger partial charge is 0.507 e. The Morgan fingerprint density at radius 3 is 2.67 bits per heavy atom. The van der Waals surface area contributed by atoms with Gasteiger partial charge in [0.1, 0.15) is 5.75 Å². The highest BCUT2D eigenvalue weighted by Gasteiger charge is 2.15. The average Bonchev–Trinajstić information content (AvgIpc) is 2.76. The van der Waals surface area contributed by atoms with Gasteiger partial charge in [0.05, 0.1) is 11.8 Å². The van der Waals surface area contributed by atoms with E-state index in [9.17, 15) is 9.90 Å².